The number of fused-ring (bicyclic) bond motifs is 1. The van der Waals surface area contributed by atoms with Crippen LogP contribution in [0.15, 0.2) is 66.7 Å². The summed E-state index contributed by atoms with van der Waals surface area (Å²) >= 11 is 1.11. The Bertz CT molecular complexity index is 1750. The number of benzene rings is 2. The highest BCUT2D eigenvalue weighted by atomic mass is 32.1. The normalized spacial score (nSPS) is 14.6. The molecule has 8 nitrogen and oxygen atoms in total. The van der Waals surface area contributed by atoms with Gasteiger partial charge in [-0.2, -0.15) is 5.26 Å². The summed E-state index contributed by atoms with van der Waals surface area (Å²) in [6.45, 7) is 1.54. The predicted octanol–water partition coefficient (Wildman–Crippen LogP) is 5.83. The Hall–Kier alpha value is -4.59. The molecule has 2 aromatic carbocycles. The summed E-state index contributed by atoms with van der Waals surface area (Å²) in [6, 6.07) is 21.2. The Morgan fingerprint density at radius 3 is 2.70 bits per heavy atom. The summed E-state index contributed by atoms with van der Waals surface area (Å²) in [5.41, 5.74) is 3.88. The van der Waals surface area contributed by atoms with Gasteiger partial charge in [-0.05, 0) is 47.9 Å². The van der Waals surface area contributed by atoms with Crippen LogP contribution < -0.4 is 4.74 Å². The second-order valence-corrected chi connectivity index (χ2v) is 10.5. The first kappa shape index (κ1) is 25.7. The number of aromatic carboxylic acids is 1. The standard InChI is InChI=1S/C30H23FN4O4S/c31-23-12-21(24-2-1-3-28(33-24)39-17-19-6-4-18(15-32)5-7-19)9-8-20(23)13-27-34-29-25(14-26(40-29)30(36)37)35(27)16-22-10-11-38-22/h1-9,12,14,22H,10-11,13,16-17H2,(H,36,37)/t22-/m0/s1. The molecule has 1 saturated heterocycles. The first-order valence-corrected chi connectivity index (χ1v) is 13.5. The molecule has 1 fully saturated rings. The van der Waals surface area contributed by atoms with E-state index in [2.05, 4.69) is 16.0 Å². The van der Waals surface area contributed by atoms with E-state index in [1.165, 1.54) is 6.07 Å². The zero-order chi connectivity index (χ0) is 27.6. The van der Waals surface area contributed by atoms with E-state index in [0.29, 0.717) is 58.7 Å². The van der Waals surface area contributed by atoms with Crippen LogP contribution in [0.25, 0.3) is 21.6 Å². The number of carboxylic acid groups (broad SMARTS) is 1. The number of hydrogen-bond donors (Lipinski definition) is 1. The van der Waals surface area contributed by atoms with E-state index in [9.17, 15) is 9.90 Å². The van der Waals surface area contributed by atoms with E-state index in [1.807, 2.05) is 22.8 Å². The summed E-state index contributed by atoms with van der Waals surface area (Å²) in [4.78, 5) is 21.5. The average molecular weight is 555 g/mol. The third kappa shape index (κ3) is 5.30. The first-order chi connectivity index (χ1) is 19.5. The van der Waals surface area contributed by atoms with Crippen molar-refractivity contribution in [3.05, 3.63) is 99.9 Å². The number of aromatic nitrogens is 3. The fourth-order valence-corrected chi connectivity index (χ4v) is 5.44. The van der Waals surface area contributed by atoms with Crippen molar-refractivity contribution in [2.75, 3.05) is 6.61 Å². The number of halogens is 1. The van der Waals surface area contributed by atoms with Gasteiger partial charge in [0.05, 0.1) is 35.5 Å². The van der Waals surface area contributed by atoms with E-state index < -0.39 is 5.97 Å². The molecule has 0 bridgehead atoms. The van der Waals surface area contributed by atoms with E-state index in [-0.39, 0.29) is 23.2 Å². The molecule has 1 aliphatic heterocycles. The highest BCUT2D eigenvalue weighted by Gasteiger charge is 2.24. The minimum absolute atomic E-state index is 0.0361. The molecule has 1 N–H and O–H groups in total. The van der Waals surface area contributed by atoms with Crippen LogP contribution in [-0.4, -0.2) is 38.3 Å². The lowest BCUT2D eigenvalue weighted by atomic mass is 10.1. The second kappa shape index (κ2) is 10.9. The van der Waals surface area contributed by atoms with Crippen LogP contribution in [0.1, 0.15) is 38.6 Å². The van der Waals surface area contributed by atoms with Crippen LogP contribution >= 0.6 is 11.3 Å². The van der Waals surface area contributed by atoms with Crippen LogP contribution in [0.5, 0.6) is 5.88 Å². The fourth-order valence-electron chi connectivity index (χ4n) is 4.55. The minimum Gasteiger partial charge on any atom is -0.477 e. The number of rotatable bonds is 9. The first-order valence-electron chi connectivity index (χ1n) is 12.7. The number of carboxylic acids is 1. The Kier molecular flexibility index (Phi) is 6.99. The maximum Gasteiger partial charge on any atom is 0.346 e. The summed E-state index contributed by atoms with van der Waals surface area (Å²) < 4.78 is 28.7. The summed E-state index contributed by atoms with van der Waals surface area (Å²) in [6.07, 6.45) is 1.21. The number of pyridine rings is 1. The van der Waals surface area contributed by atoms with E-state index in [1.54, 1.807) is 42.5 Å². The average Bonchev–Trinajstić information content (AvgIpc) is 3.49. The lowest BCUT2D eigenvalue weighted by Gasteiger charge is -2.27. The van der Waals surface area contributed by atoms with Crippen LogP contribution in [0.3, 0.4) is 0 Å². The third-order valence-corrected chi connectivity index (χ3v) is 7.81. The zero-order valence-corrected chi connectivity index (χ0v) is 22.0. The van der Waals surface area contributed by atoms with Gasteiger partial charge in [0, 0.05) is 24.7 Å². The minimum atomic E-state index is -0.991. The molecule has 0 radical (unpaired) electrons. The topological polar surface area (TPSA) is 110 Å². The van der Waals surface area contributed by atoms with Crippen molar-refractivity contribution in [1.82, 2.24) is 14.5 Å². The Morgan fingerprint density at radius 2 is 2.00 bits per heavy atom. The van der Waals surface area contributed by atoms with E-state index >= 15 is 4.39 Å². The predicted molar refractivity (Wildman–Crippen MR) is 147 cm³/mol. The van der Waals surface area contributed by atoms with Crippen molar-refractivity contribution in [2.24, 2.45) is 0 Å². The molecule has 0 spiro atoms. The molecule has 40 heavy (non-hydrogen) atoms. The monoisotopic (exact) mass is 554 g/mol. The third-order valence-electron chi connectivity index (χ3n) is 6.81. The molecule has 6 rings (SSSR count). The highest BCUT2D eigenvalue weighted by molar-refractivity contribution is 7.20. The molecule has 10 heteroatoms. The molecule has 3 aromatic heterocycles. The van der Waals surface area contributed by atoms with Crippen molar-refractivity contribution in [1.29, 1.82) is 5.26 Å². The van der Waals surface area contributed by atoms with Crippen molar-refractivity contribution in [2.45, 2.75) is 32.1 Å². The second-order valence-electron chi connectivity index (χ2n) is 9.47. The van der Waals surface area contributed by atoms with Crippen molar-refractivity contribution in [3.8, 4) is 23.2 Å². The van der Waals surface area contributed by atoms with Gasteiger partial charge in [-0.3, -0.25) is 0 Å². The lowest BCUT2D eigenvalue weighted by molar-refractivity contribution is -0.0589. The SMILES string of the molecule is N#Cc1ccc(COc2cccc(-c3ccc(Cc4nc5sc(C(=O)O)cc5n4C[C@@H]4CCO4)c(F)c3)n2)cc1. The number of thiophene rings is 1. The van der Waals surface area contributed by atoms with Crippen molar-refractivity contribution in [3.63, 3.8) is 0 Å². The van der Waals surface area contributed by atoms with Crippen molar-refractivity contribution < 1.29 is 23.8 Å². The molecule has 5 aromatic rings. The number of nitriles is 1. The number of hydrogen-bond acceptors (Lipinski definition) is 7. The number of ether oxygens (including phenoxy) is 2. The maximum absolute atomic E-state index is 15.4. The van der Waals surface area contributed by atoms with Gasteiger partial charge in [0.15, 0.2) is 0 Å². The molecule has 4 heterocycles. The van der Waals surface area contributed by atoms with Crippen LogP contribution in [0.4, 0.5) is 4.39 Å². The largest absolute Gasteiger partial charge is 0.477 e. The summed E-state index contributed by atoms with van der Waals surface area (Å²) in [5.74, 6) is -0.300. The van der Waals surface area contributed by atoms with E-state index in [0.717, 1.165) is 28.8 Å². The Morgan fingerprint density at radius 1 is 1.18 bits per heavy atom. The molecule has 0 unspecified atom stereocenters. The molecule has 0 amide bonds. The van der Waals surface area contributed by atoms with E-state index in [4.69, 9.17) is 14.7 Å². The van der Waals surface area contributed by atoms with Gasteiger partial charge >= 0.3 is 5.97 Å². The molecule has 0 saturated carbocycles. The molecule has 1 aliphatic rings. The smallest absolute Gasteiger partial charge is 0.346 e. The molecular weight excluding hydrogens is 531 g/mol. The highest BCUT2D eigenvalue weighted by Crippen LogP contribution is 2.30. The number of imidazole rings is 1. The van der Waals surface area contributed by atoms with Crippen molar-refractivity contribution >= 4 is 27.7 Å². The summed E-state index contributed by atoms with van der Waals surface area (Å²) in [7, 11) is 0. The Balaban J connectivity index is 1.21. The van der Waals surface area contributed by atoms with Gasteiger partial charge in [-0.15, -0.1) is 11.3 Å². The maximum atomic E-state index is 15.4. The Labute approximate surface area is 232 Å². The number of carbonyl (C=O) groups is 1. The number of nitrogens with zero attached hydrogens (tertiary/aromatic N) is 4. The van der Waals surface area contributed by atoms with Gasteiger partial charge in [0.2, 0.25) is 5.88 Å². The molecule has 200 valence electrons. The molecular formula is C30H23FN4O4S. The van der Waals surface area contributed by atoms with Gasteiger partial charge in [-0.1, -0.05) is 30.3 Å². The zero-order valence-electron chi connectivity index (χ0n) is 21.2. The van der Waals surface area contributed by atoms with Crippen LogP contribution in [0.2, 0.25) is 0 Å². The van der Waals surface area contributed by atoms with Crippen LogP contribution in [0, 0.1) is 17.1 Å². The van der Waals surface area contributed by atoms with Crippen LogP contribution in [-0.2, 0) is 24.3 Å². The molecule has 1 atom stereocenters. The quantitative estimate of drug-likeness (QED) is 0.244. The summed E-state index contributed by atoms with van der Waals surface area (Å²) in [5, 5.41) is 18.3. The van der Waals surface area contributed by atoms with Gasteiger partial charge in [0.25, 0.3) is 0 Å². The van der Waals surface area contributed by atoms with Gasteiger partial charge in [-0.25, -0.2) is 19.2 Å². The molecule has 0 aliphatic carbocycles. The lowest BCUT2D eigenvalue weighted by Crippen LogP contribution is -2.31. The van der Waals surface area contributed by atoms with Gasteiger partial charge in [0.1, 0.15) is 28.0 Å². The van der Waals surface area contributed by atoms with Gasteiger partial charge < -0.3 is 19.1 Å². The fraction of sp³-hybridized carbons (Fsp3) is 0.200.